The van der Waals surface area contributed by atoms with Crippen LogP contribution in [0.2, 0.25) is 0 Å². The van der Waals surface area contributed by atoms with E-state index in [9.17, 15) is 4.79 Å². The molecule has 1 aromatic rings. The Morgan fingerprint density at radius 3 is 2.50 bits per heavy atom. The van der Waals surface area contributed by atoms with Crippen LogP contribution in [0.5, 0.6) is 5.75 Å². The number of alkyl halides is 1. The van der Waals surface area contributed by atoms with Gasteiger partial charge in [0.2, 0.25) is 0 Å². The van der Waals surface area contributed by atoms with E-state index in [0.717, 1.165) is 16.7 Å². The zero-order chi connectivity index (χ0) is 12.1. The van der Waals surface area contributed by atoms with E-state index in [1.807, 2.05) is 13.0 Å². The molecule has 0 aromatic heterocycles. The third-order valence-electron chi connectivity index (χ3n) is 2.75. The molecule has 1 unspecified atom stereocenters. The van der Waals surface area contributed by atoms with Gasteiger partial charge in [-0.2, -0.15) is 0 Å². The molecular formula is C13H15ClO2. The number of hydrogen-bond acceptors (Lipinski definition) is 2. The molecule has 2 nitrogen and oxygen atoms in total. The first-order valence-corrected chi connectivity index (χ1v) is 5.75. The van der Waals surface area contributed by atoms with E-state index in [4.69, 9.17) is 16.3 Å². The number of ether oxygens (including phenoxy) is 1. The van der Waals surface area contributed by atoms with E-state index in [2.05, 4.69) is 26.8 Å². The smallest absolute Gasteiger partial charge is 0.334 e. The van der Waals surface area contributed by atoms with Gasteiger partial charge >= 0.3 is 5.97 Å². The number of hydrogen-bond donors (Lipinski definition) is 0. The minimum absolute atomic E-state index is 0.0582. The highest BCUT2D eigenvalue weighted by Crippen LogP contribution is 2.44. The van der Waals surface area contributed by atoms with Crippen LogP contribution in [-0.4, -0.2) is 5.97 Å². The molecule has 0 radical (unpaired) electrons. The fraction of sp³-hybridized carbons (Fsp3) is 0.462. The first-order chi connectivity index (χ1) is 7.30. The highest BCUT2D eigenvalue weighted by atomic mass is 35.5. The van der Waals surface area contributed by atoms with Crippen LogP contribution in [0.1, 0.15) is 42.8 Å². The lowest BCUT2D eigenvalue weighted by atomic mass is 9.84. The molecule has 0 saturated carbocycles. The fourth-order valence-corrected chi connectivity index (χ4v) is 2.15. The van der Waals surface area contributed by atoms with Crippen molar-refractivity contribution in [3.05, 3.63) is 28.8 Å². The molecule has 1 atom stereocenters. The molecule has 0 amide bonds. The Morgan fingerprint density at radius 2 is 1.94 bits per heavy atom. The average Bonchev–Trinajstić information content (AvgIpc) is 2.42. The maximum Gasteiger partial charge on any atom is 0.334 e. The number of halogens is 1. The maximum atomic E-state index is 11.5. The highest BCUT2D eigenvalue weighted by Gasteiger charge is 2.35. The summed E-state index contributed by atoms with van der Waals surface area (Å²) in [5.41, 5.74) is 2.89. The summed E-state index contributed by atoms with van der Waals surface area (Å²) >= 11 is 6.01. The van der Waals surface area contributed by atoms with Crippen LogP contribution in [0.15, 0.2) is 12.1 Å². The van der Waals surface area contributed by atoms with Crippen molar-refractivity contribution in [2.24, 2.45) is 0 Å². The number of rotatable bonds is 0. The molecule has 1 heterocycles. The summed E-state index contributed by atoms with van der Waals surface area (Å²) in [4.78, 5) is 11.5. The summed E-state index contributed by atoms with van der Waals surface area (Å²) in [6, 6.07) is 3.98. The van der Waals surface area contributed by atoms with Gasteiger partial charge in [0.25, 0.3) is 0 Å². The summed E-state index contributed by atoms with van der Waals surface area (Å²) in [5.74, 6) is 0.288. The Labute approximate surface area is 101 Å². The summed E-state index contributed by atoms with van der Waals surface area (Å²) in [6.45, 7) is 8.29. The quantitative estimate of drug-likeness (QED) is 0.393. The van der Waals surface area contributed by atoms with Crippen molar-refractivity contribution in [3.8, 4) is 5.75 Å². The van der Waals surface area contributed by atoms with Gasteiger partial charge in [-0.1, -0.05) is 38.5 Å². The molecule has 16 heavy (non-hydrogen) atoms. The number of benzene rings is 1. The molecular weight excluding hydrogens is 224 g/mol. The molecule has 1 aliphatic heterocycles. The summed E-state index contributed by atoms with van der Waals surface area (Å²) in [5, 5.41) is -0.656. The van der Waals surface area contributed by atoms with Gasteiger partial charge in [0, 0.05) is 11.1 Å². The van der Waals surface area contributed by atoms with E-state index in [1.165, 1.54) is 0 Å². The molecule has 0 aliphatic carbocycles. The summed E-state index contributed by atoms with van der Waals surface area (Å²) in [6.07, 6.45) is 0. The Hall–Kier alpha value is -1.02. The van der Waals surface area contributed by atoms with Crippen molar-refractivity contribution in [2.45, 2.75) is 38.5 Å². The molecule has 0 bridgehead atoms. The van der Waals surface area contributed by atoms with E-state index in [1.54, 1.807) is 0 Å². The average molecular weight is 239 g/mol. The van der Waals surface area contributed by atoms with Gasteiger partial charge in [0.05, 0.1) is 0 Å². The fourth-order valence-electron chi connectivity index (χ4n) is 1.94. The van der Waals surface area contributed by atoms with Crippen LogP contribution in [0.4, 0.5) is 0 Å². The monoisotopic (exact) mass is 238 g/mol. The molecule has 0 fully saturated rings. The molecule has 1 aromatic carbocycles. The van der Waals surface area contributed by atoms with Crippen molar-refractivity contribution in [1.29, 1.82) is 0 Å². The third-order valence-corrected chi connectivity index (χ3v) is 3.17. The lowest BCUT2D eigenvalue weighted by Gasteiger charge is -2.22. The van der Waals surface area contributed by atoms with Gasteiger partial charge in [0.15, 0.2) is 5.38 Å². The standard InChI is InChI=1S/C13H15ClO2/c1-7-5-8-10(14)12(15)16-11(8)9(6-7)13(2,3)4/h5-6,10H,1-4H3. The predicted molar refractivity (Wildman–Crippen MR) is 64.1 cm³/mol. The van der Waals surface area contributed by atoms with Crippen molar-refractivity contribution < 1.29 is 9.53 Å². The summed E-state index contributed by atoms with van der Waals surface area (Å²) in [7, 11) is 0. The number of carbonyl (C=O) groups is 1. The molecule has 0 N–H and O–H groups in total. The second kappa shape index (κ2) is 3.49. The highest BCUT2D eigenvalue weighted by molar-refractivity contribution is 6.31. The van der Waals surface area contributed by atoms with Crippen molar-refractivity contribution in [2.75, 3.05) is 0 Å². The first kappa shape index (κ1) is 11.5. The number of carbonyl (C=O) groups excluding carboxylic acids is 1. The lowest BCUT2D eigenvalue weighted by molar-refractivity contribution is -0.132. The normalized spacial score (nSPS) is 19.6. The Bertz CT molecular complexity index is 458. The number of aryl methyl sites for hydroxylation is 1. The topological polar surface area (TPSA) is 26.3 Å². The molecule has 0 saturated heterocycles. The number of esters is 1. The van der Waals surface area contributed by atoms with Gasteiger partial charge < -0.3 is 4.74 Å². The van der Waals surface area contributed by atoms with Crippen LogP contribution in [0.25, 0.3) is 0 Å². The van der Waals surface area contributed by atoms with Crippen molar-refractivity contribution in [1.82, 2.24) is 0 Å². The zero-order valence-corrected chi connectivity index (χ0v) is 10.7. The van der Waals surface area contributed by atoms with Crippen LogP contribution in [0.3, 0.4) is 0 Å². The maximum absolute atomic E-state index is 11.5. The van der Waals surface area contributed by atoms with Crippen LogP contribution in [-0.2, 0) is 10.2 Å². The van der Waals surface area contributed by atoms with Crippen LogP contribution < -0.4 is 4.74 Å². The van der Waals surface area contributed by atoms with Gasteiger partial charge in [-0.3, -0.25) is 0 Å². The zero-order valence-electron chi connectivity index (χ0n) is 9.93. The molecule has 3 heteroatoms. The second-order valence-corrected chi connectivity index (χ2v) is 5.70. The SMILES string of the molecule is Cc1cc2c(c(C(C)(C)C)c1)OC(=O)C2Cl. The predicted octanol–water partition coefficient (Wildman–Crippen LogP) is 3.49. The molecule has 1 aliphatic rings. The summed E-state index contributed by atoms with van der Waals surface area (Å²) < 4.78 is 5.26. The van der Waals surface area contributed by atoms with Crippen LogP contribution in [0, 0.1) is 6.92 Å². The lowest BCUT2D eigenvalue weighted by Crippen LogP contribution is -2.13. The van der Waals surface area contributed by atoms with Crippen molar-refractivity contribution >= 4 is 17.6 Å². The van der Waals surface area contributed by atoms with Gasteiger partial charge in [-0.15, -0.1) is 11.6 Å². The van der Waals surface area contributed by atoms with Gasteiger partial charge in [0.1, 0.15) is 5.75 Å². The van der Waals surface area contributed by atoms with E-state index < -0.39 is 5.38 Å². The molecule has 0 spiro atoms. The van der Waals surface area contributed by atoms with Gasteiger partial charge in [-0.05, 0) is 12.3 Å². The Balaban J connectivity index is 2.67. The molecule has 86 valence electrons. The van der Waals surface area contributed by atoms with Crippen LogP contribution >= 0.6 is 11.6 Å². The Morgan fingerprint density at radius 1 is 1.31 bits per heavy atom. The Kier molecular flexibility index (Phi) is 2.50. The first-order valence-electron chi connectivity index (χ1n) is 5.31. The van der Waals surface area contributed by atoms with Gasteiger partial charge in [-0.25, -0.2) is 4.79 Å². The van der Waals surface area contributed by atoms with E-state index >= 15 is 0 Å². The van der Waals surface area contributed by atoms with Crippen molar-refractivity contribution in [3.63, 3.8) is 0 Å². The third kappa shape index (κ3) is 1.71. The second-order valence-electron chi connectivity index (χ2n) is 5.26. The molecule has 2 rings (SSSR count). The number of fused-ring (bicyclic) bond motifs is 1. The minimum Gasteiger partial charge on any atom is -0.424 e. The van der Waals surface area contributed by atoms with E-state index in [0.29, 0.717) is 5.75 Å². The van der Waals surface area contributed by atoms with E-state index in [-0.39, 0.29) is 11.4 Å². The largest absolute Gasteiger partial charge is 0.424 e. The minimum atomic E-state index is -0.656.